The zero-order valence-corrected chi connectivity index (χ0v) is 16.7. The van der Waals surface area contributed by atoms with E-state index in [9.17, 15) is 0 Å². The van der Waals surface area contributed by atoms with E-state index in [-0.39, 0.29) is 6.10 Å². The predicted molar refractivity (Wildman–Crippen MR) is 107 cm³/mol. The summed E-state index contributed by atoms with van der Waals surface area (Å²) in [4.78, 5) is 0. The van der Waals surface area contributed by atoms with Crippen LogP contribution in [-0.4, -0.2) is 14.8 Å². The van der Waals surface area contributed by atoms with Crippen LogP contribution < -0.4 is 4.74 Å². The van der Waals surface area contributed by atoms with Crippen molar-refractivity contribution in [1.29, 1.82) is 0 Å². The summed E-state index contributed by atoms with van der Waals surface area (Å²) in [6.07, 6.45) is -0.181. The summed E-state index contributed by atoms with van der Waals surface area (Å²) in [7, 11) is 0. The zero-order valence-electron chi connectivity index (χ0n) is 15.1. The van der Waals surface area contributed by atoms with Crippen LogP contribution in [0.3, 0.4) is 0 Å². The maximum absolute atomic E-state index is 6.24. The van der Waals surface area contributed by atoms with E-state index in [0.29, 0.717) is 0 Å². The van der Waals surface area contributed by atoms with Crippen LogP contribution in [0, 0.1) is 6.92 Å². The van der Waals surface area contributed by atoms with E-state index in [1.54, 1.807) is 11.8 Å². The molecule has 0 radical (unpaired) electrons. The number of hydrogen-bond donors (Lipinski definition) is 0. The lowest BCUT2D eigenvalue weighted by Crippen LogP contribution is -2.12. The van der Waals surface area contributed by atoms with Gasteiger partial charge in [-0.2, -0.15) is 0 Å². The first-order valence-electron chi connectivity index (χ1n) is 8.61. The Balaban J connectivity index is 1.72. The number of hydrogen-bond acceptors (Lipinski definition) is 4. The van der Waals surface area contributed by atoms with Gasteiger partial charge >= 0.3 is 0 Å². The summed E-state index contributed by atoms with van der Waals surface area (Å²) < 4.78 is 8.14. The molecule has 3 rings (SSSR count). The molecule has 0 aliphatic rings. The second-order valence-electron chi connectivity index (χ2n) is 6.04. The van der Waals surface area contributed by atoms with Gasteiger partial charge in [-0.25, -0.2) is 0 Å². The van der Waals surface area contributed by atoms with Crippen LogP contribution in [0.5, 0.6) is 5.75 Å². The van der Waals surface area contributed by atoms with Crippen molar-refractivity contribution < 1.29 is 4.74 Å². The Bertz CT molecular complexity index is 864. The van der Waals surface area contributed by atoms with Crippen molar-refractivity contribution in [2.75, 3.05) is 0 Å². The Hall–Kier alpha value is -1.98. The standard InChI is InChI=1S/C20H22ClN3OS/c1-4-24-19(15(3)25-17-11-9-14(2)10-12-17)22-23-20(24)26-13-16-7-5-6-8-18(16)21/h5-12,15H,4,13H2,1-3H3. The second-order valence-corrected chi connectivity index (χ2v) is 7.39. The molecular formula is C20H22ClN3OS. The summed E-state index contributed by atoms with van der Waals surface area (Å²) in [5.74, 6) is 2.42. The van der Waals surface area contributed by atoms with Gasteiger partial charge in [0.05, 0.1) is 0 Å². The van der Waals surface area contributed by atoms with Gasteiger partial charge in [-0.15, -0.1) is 10.2 Å². The fourth-order valence-corrected chi connectivity index (χ4v) is 3.93. The van der Waals surface area contributed by atoms with Crippen LogP contribution in [0.4, 0.5) is 0 Å². The van der Waals surface area contributed by atoms with Crippen molar-refractivity contribution in [2.24, 2.45) is 0 Å². The Labute approximate surface area is 163 Å². The Morgan fingerprint density at radius 3 is 2.54 bits per heavy atom. The molecule has 1 unspecified atom stereocenters. The van der Waals surface area contributed by atoms with Gasteiger partial charge in [-0.05, 0) is 44.5 Å². The highest BCUT2D eigenvalue weighted by atomic mass is 35.5. The predicted octanol–water partition coefficient (Wildman–Crippen LogP) is 5.69. The fraction of sp³-hybridized carbons (Fsp3) is 0.300. The highest BCUT2D eigenvalue weighted by Crippen LogP contribution is 2.28. The zero-order chi connectivity index (χ0) is 18.5. The average Bonchev–Trinajstić information content (AvgIpc) is 3.06. The smallest absolute Gasteiger partial charge is 0.191 e. The van der Waals surface area contributed by atoms with Gasteiger partial charge in [-0.1, -0.05) is 59.3 Å². The van der Waals surface area contributed by atoms with Crippen LogP contribution in [0.25, 0.3) is 0 Å². The molecule has 0 saturated heterocycles. The monoisotopic (exact) mass is 387 g/mol. The number of aryl methyl sites for hydroxylation is 1. The molecule has 3 aromatic rings. The molecule has 6 heteroatoms. The third kappa shape index (κ3) is 4.40. The third-order valence-electron chi connectivity index (χ3n) is 4.07. The first-order valence-corrected chi connectivity index (χ1v) is 9.97. The lowest BCUT2D eigenvalue weighted by Gasteiger charge is -2.15. The Kier molecular flexibility index (Phi) is 6.22. The largest absolute Gasteiger partial charge is 0.483 e. The van der Waals surface area contributed by atoms with Crippen LogP contribution >= 0.6 is 23.4 Å². The number of ether oxygens (including phenoxy) is 1. The molecule has 136 valence electrons. The first-order chi connectivity index (χ1) is 12.6. The fourth-order valence-electron chi connectivity index (χ4n) is 2.64. The number of aromatic nitrogens is 3. The summed E-state index contributed by atoms with van der Waals surface area (Å²) >= 11 is 7.88. The molecule has 1 aromatic heterocycles. The van der Waals surface area contributed by atoms with E-state index >= 15 is 0 Å². The number of benzene rings is 2. The molecule has 0 aliphatic carbocycles. The normalized spacial score (nSPS) is 12.2. The number of rotatable bonds is 7. The molecule has 1 atom stereocenters. The van der Waals surface area contributed by atoms with Crippen molar-refractivity contribution in [3.63, 3.8) is 0 Å². The lowest BCUT2D eigenvalue weighted by atomic mass is 10.2. The molecule has 0 saturated carbocycles. The second kappa shape index (κ2) is 8.60. The molecule has 0 bridgehead atoms. The number of nitrogens with zero attached hydrogens (tertiary/aromatic N) is 3. The molecular weight excluding hydrogens is 366 g/mol. The van der Waals surface area contributed by atoms with Gasteiger partial charge in [-0.3, -0.25) is 0 Å². The van der Waals surface area contributed by atoms with Crippen molar-refractivity contribution in [3.8, 4) is 5.75 Å². The van der Waals surface area contributed by atoms with Crippen molar-refractivity contribution in [3.05, 3.63) is 70.5 Å². The summed E-state index contributed by atoms with van der Waals surface area (Å²) in [6, 6.07) is 15.9. The Morgan fingerprint density at radius 2 is 1.85 bits per heavy atom. The van der Waals surface area contributed by atoms with E-state index < -0.39 is 0 Å². The minimum atomic E-state index is -0.181. The molecule has 0 amide bonds. The van der Waals surface area contributed by atoms with Gasteiger partial charge in [0, 0.05) is 17.3 Å². The topological polar surface area (TPSA) is 39.9 Å². The SMILES string of the molecule is CCn1c(SCc2ccccc2Cl)nnc1C(C)Oc1ccc(C)cc1. The van der Waals surface area contributed by atoms with Gasteiger partial charge in [0.25, 0.3) is 0 Å². The third-order valence-corrected chi connectivity index (χ3v) is 5.46. The summed E-state index contributed by atoms with van der Waals surface area (Å²) in [5.41, 5.74) is 2.30. The van der Waals surface area contributed by atoms with Gasteiger partial charge < -0.3 is 9.30 Å². The maximum atomic E-state index is 6.24. The molecule has 0 fully saturated rings. The molecule has 26 heavy (non-hydrogen) atoms. The van der Waals surface area contributed by atoms with Gasteiger partial charge in [0.1, 0.15) is 5.75 Å². The highest BCUT2D eigenvalue weighted by Gasteiger charge is 2.19. The highest BCUT2D eigenvalue weighted by molar-refractivity contribution is 7.98. The molecule has 0 aliphatic heterocycles. The summed E-state index contributed by atoms with van der Waals surface area (Å²) in [6.45, 7) is 6.93. The average molecular weight is 388 g/mol. The van der Waals surface area contributed by atoms with Crippen molar-refractivity contribution >= 4 is 23.4 Å². The van der Waals surface area contributed by atoms with Crippen LogP contribution in [0.2, 0.25) is 5.02 Å². The van der Waals surface area contributed by atoms with E-state index in [1.807, 2.05) is 55.5 Å². The first kappa shape index (κ1) is 18.8. The van der Waals surface area contributed by atoms with Crippen LogP contribution in [0.1, 0.15) is 36.9 Å². The number of halogens is 1. The van der Waals surface area contributed by atoms with E-state index in [1.165, 1.54) is 5.56 Å². The van der Waals surface area contributed by atoms with Crippen LogP contribution in [-0.2, 0) is 12.3 Å². The van der Waals surface area contributed by atoms with Gasteiger partial charge in [0.15, 0.2) is 17.1 Å². The molecule has 0 N–H and O–H groups in total. The maximum Gasteiger partial charge on any atom is 0.191 e. The molecule has 0 spiro atoms. The lowest BCUT2D eigenvalue weighted by molar-refractivity contribution is 0.210. The summed E-state index contributed by atoms with van der Waals surface area (Å²) in [5, 5.41) is 10.4. The van der Waals surface area contributed by atoms with Crippen molar-refractivity contribution in [1.82, 2.24) is 14.8 Å². The van der Waals surface area contributed by atoms with Gasteiger partial charge in [0.2, 0.25) is 0 Å². The number of thioether (sulfide) groups is 1. The minimum Gasteiger partial charge on any atom is -0.483 e. The van der Waals surface area contributed by atoms with E-state index in [4.69, 9.17) is 16.3 Å². The molecule has 1 heterocycles. The minimum absolute atomic E-state index is 0.181. The van der Waals surface area contributed by atoms with Crippen LogP contribution in [0.15, 0.2) is 53.7 Å². The van der Waals surface area contributed by atoms with E-state index in [2.05, 4.69) is 28.6 Å². The molecule has 4 nitrogen and oxygen atoms in total. The Morgan fingerprint density at radius 1 is 1.12 bits per heavy atom. The van der Waals surface area contributed by atoms with Crippen molar-refractivity contribution in [2.45, 2.75) is 44.3 Å². The quantitative estimate of drug-likeness (QED) is 0.488. The molecule has 2 aromatic carbocycles. The van der Waals surface area contributed by atoms with E-state index in [0.717, 1.165) is 39.6 Å².